The summed E-state index contributed by atoms with van der Waals surface area (Å²) in [5.41, 5.74) is 2.87. The fraction of sp³-hybridized carbons (Fsp3) is 0.115. The summed E-state index contributed by atoms with van der Waals surface area (Å²) in [5.74, 6) is 0.360. The Hall–Kier alpha value is -3.90. The van der Waals surface area contributed by atoms with Crippen molar-refractivity contribution in [1.29, 1.82) is 0 Å². The zero-order valence-corrected chi connectivity index (χ0v) is 19.2. The minimum Gasteiger partial charge on any atom is -0.496 e. The maximum atomic E-state index is 13.4. The van der Waals surface area contributed by atoms with Gasteiger partial charge in [-0.05, 0) is 50.2 Å². The molecule has 1 heterocycles. The van der Waals surface area contributed by atoms with Crippen LogP contribution in [0.3, 0.4) is 0 Å². The molecule has 33 heavy (non-hydrogen) atoms. The van der Waals surface area contributed by atoms with Crippen molar-refractivity contribution in [3.63, 3.8) is 0 Å². The first-order valence-electron chi connectivity index (χ1n) is 10.3. The molecule has 0 atom stereocenters. The molecule has 0 aliphatic heterocycles. The van der Waals surface area contributed by atoms with Crippen molar-refractivity contribution >= 4 is 23.3 Å². The van der Waals surface area contributed by atoms with Gasteiger partial charge in [0.2, 0.25) is 5.43 Å². The fourth-order valence-corrected chi connectivity index (χ4v) is 3.72. The number of methoxy groups -OCH3 is 1. The summed E-state index contributed by atoms with van der Waals surface area (Å²) in [6.07, 6.45) is 0. The smallest absolute Gasteiger partial charge is 0.256 e. The Morgan fingerprint density at radius 2 is 1.73 bits per heavy atom. The largest absolute Gasteiger partial charge is 0.496 e. The summed E-state index contributed by atoms with van der Waals surface area (Å²) in [5, 5.41) is 7.89. The molecule has 0 saturated carbocycles. The Morgan fingerprint density at radius 3 is 2.42 bits per heavy atom. The lowest BCUT2D eigenvalue weighted by Crippen LogP contribution is -2.25. The molecule has 1 N–H and O–H groups in total. The second-order valence-electron chi connectivity index (χ2n) is 7.55. The molecule has 1 aromatic heterocycles. The van der Waals surface area contributed by atoms with Crippen LogP contribution < -0.4 is 15.5 Å². The Labute approximate surface area is 196 Å². The summed E-state index contributed by atoms with van der Waals surface area (Å²) < 4.78 is 7.04. The molecule has 0 aliphatic rings. The predicted molar refractivity (Wildman–Crippen MR) is 131 cm³/mol. The van der Waals surface area contributed by atoms with Gasteiger partial charge in [0.25, 0.3) is 5.91 Å². The maximum absolute atomic E-state index is 13.4. The molecule has 1 amide bonds. The van der Waals surface area contributed by atoms with E-state index in [-0.39, 0.29) is 28.4 Å². The number of amides is 1. The minimum atomic E-state index is -0.369. The van der Waals surface area contributed by atoms with E-state index in [9.17, 15) is 9.59 Å². The average Bonchev–Trinajstić information content (AvgIpc) is 2.82. The minimum absolute atomic E-state index is 0.225. The first kappa shape index (κ1) is 22.3. The Morgan fingerprint density at radius 1 is 1.00 bits per heavy atom. The number of ether oxygens (including phenoxy) is 1. The lowest BCUT2D eigenvalue weighted by Gasteiger charge is -2.19. The van der Waals surface area contributed by atoms with Gasteiger partial charge in [0, 0.05) is 16.1 Å². The van der Waals surface area contributed by atoms with Crippen molar-refractivity contribution in [2.24, 2.45) is 0 Å². The first-order chi connectivity index (χ1) is 15.9. The van der Waals surface area contributed by atoms with Crippen LogP contribution in [0.25, 0.3) is 16.8 Å². The van der Waals surface area contributed by atoms with Gasteiger partial charge in [-0.25, -0.2) is 4.68 Å². The van der Waals surface area contributed by atoms with Crippen LogP contribution in [-0.2, 0) is 0 Å². The van der Waals surface area contributed by atoms with Crippen molar-refractivity contribution in [3.05, 3.63) is 105 Å². The molecule has 0 aliphatic carbocycles. The van der Waals surface area contributed by atoms with Crippen LogP contribution in [0.4, 0.5) is 5.82 Å². The third kappa shape index (κ3) is 4.52. The number of carbonyl (C=O) groups excluding carboxylic acids is 1. The summed E-state index contributed by atoms with van der Waals surface area (Å²) >= 11 is 6.23. The predicted octanol–water partition coefficient (Wildman–Crippen LogP) is 5.43. The van der Waals surface area contributed by atoms with Crippen molar-refractivity contribution in [2.75, 3.05) is 12.4 Å². The van der Waals surface area contributed by atoms with Gasteiger partial charge in [0.05, 0.1) is 18.4 Å². The van der Waals surface area contributed by atoms with Crippen molar-refractivity contribution in [3.8, 4) is 22.6 Å². The van der Waals surface area contributed by atoms with Gasteiger partial charge in [-0.15, -0.1) is 0 Å². The number of nitrogens with zero attached hydrogens (tertiary/aromatic N) is 2. The van der Waals surface area contributed by atoms with E-state index in [0.29, 0.717) is 27.6 Å². The molecule has 4 aromatic rings. The van der Waals surface area contributed by atoms with E-state index in [4.69, 9.17) is 16.3 Å². The van der Waals surface area contributed by atoms with Gasteiger partial charge in [-0.1, -0.05) is 53.6 Å². The number of nitrogens with one attached hydrogen (secondary N) is 1. The highest BCUT2D eigenvalue weighted by Gasteiger charge is 2.23. The molecule has 0 unspecified atom stereocenters. The number of carbonyl (C=O) groups is 1. The van der Waals surface area contributed by atoms with Crippen LogP contribution in [0.5, 0.6) is 5.75 Å². The second-order valence-corrected chi connectivity index (χ2v) is 7.99. The molecule has 0 radical (unpaired) electrons. The van der Waals surface area contributed by atoms with Gasteiger partial charge < -0.3 is 10.1 Å². The lowest BCUT2D eigenvalue weighted by molar-refractivity contribution is 0.102. The van der Waals surface area contributed by atoms with E-state index >= 15 is 0 Å². The van der Waals surface area contributed by atoms with E-state index in [1.54, 1.807) is 55.5 Å². The number of benzene rings is 3. The number of aryl methyl sites for hydroxylation is 2. The maximum Gasteiger partial charge on any atom is 0.256 e. The van der Waals surface area contributed by atoms with Gasteiger partial charge in [-0.3, -0.25) is 9.59 Å². The van der Waals surface area contributed by atoms with Crippen molar-refractivity contribution < 1.29 is 9.53 Å². The molecular formula is C26H22ClN3O3. The Bertz CT molecular complexity index is 1400. The van der Waals surface area contributed by atoms with E-state index in [1.807, 2.05) is 31.2 Å². The average molecular weight is 460 g/mol. The first-order valence-corrected chi connectivity index (χ1v) is 10.7. The summed E-state index contributed by atoms with van der Waals surface area (Å²) in [7, 11) is 1.53. The topological polar surface area (TPSA) is 73.2 Å². The number of halogens is 1. The molecule has 0 saturated heterocycles. The number of hydrogen-bond acceptors (Lipinski definition) is 4. The molecule has 0 bridgehead atoms. The second kappa shape index (κ2) is 9.30. The fourth-order valence-electron chi connectivity index (χ4n) is 3.54. The van der Waals surface area contributed by atoms with E-state index in [1.165, 1.54) is 11.8 Å². The molecule has 3 aromatic carbocycles. The molecule has 7 heteroatoms. The molecule has 6 nitrogen and oxygen atoms in total. The van der Waals surface area contributed by atoms with Crippen LogP contribution in [0.15, 0.2) is 77.6 Å². The van der Waals surface area contributed by atoms with Gasteiger partial charge in [0.15, 0.2) is 0 Å². The van der Waals surface area contributed by atoms with Crippen molar-refractivity contribution in [2.45, 2.75) is 13.8 Å². The molecular weight excluding hydrogens is 438 g/mol. The van der Waals surface area contributed by atoms with Crippen molar-refractivity contribution in [1.82, 2.24) is 9.78 Å². The Balaban J connectivity index is 2.00. The van der Waals surface area contributed by atoms with Crippen LogP contribution in [0.2, 0.25) is 5.02 Å². The number of hydrogen-bond donors (Lipinski definition) is 1. The lowest BCUT2D eigenvalue weighted by atomic mass is 10.0. The van der Waals surface area contributed by atoms with Gasteiger partial charge >= 0.3 is 0 Å². The summed E-state index contributed by atoms with van der Waals surface area (Å²) in [4.78, 5) is 26.6. The summed E-state index contributed by atoms with van der Waals surface area (Å²) in [6.45, 7) is 3.58. The van der Waals surface area contributed by atoms with Gasteiger partial charge in [0.1, 0.15) is 17.3 Å². The molecule has 166 valence electrons. The number of rotatable bonds is 5. The summed E-state index contributed by atoms with van der Waals surface area (Å²) in [6, 6.07) is 21.4. The quantitative estimate of drug-likeness (QED) is 0.432. The third-order valence-corrected chi connectivity index (χ3v) is 5.46. The highest BCUT2D eigenvalue weighted by Crippen LogP contribution is 2.34. The van der Waals surface area contributed by atoms with E-state index in [2.05, 4.69) is 10.4 Å². The highest BCUT2D eigenvalue weighted by atomic mass is 35.5. The number of anilines is 1. The van der Waals surface area contributed by atoms with Crippen LogP contribution in [0.1, 0.15) is 21.6 Å². The Kier molecular flexibility index (Phi) is 6.29. The van der Waals surface area contributed by atoms with Crippen LogP contribution >= 0.6 is 11.6 Å². The standard InChI is InChI=1S/C26H22ClN3O3/c1-16-11-13-18(14-12-16)26(32)28-25-23(21-9-4-5-10-22(21)33-3)24(31)17(2)29-30(25)20-8-6-7-19(27)15-20/h4-15H,1-3H3,(H,28,32). The SMILES string of the molecule is COc1ccccc1-c1c(NC(=O)c2ccc(C)cc2)n(-c2cccc(Cl)c2)nc(C)c1=O. The molecule has 4 rings (SSSR count). The van der Waals surface area contributed by atoms with E-state index < -0.39 is 0 Å². The number of aromatic nitrogens is 2. The van der Waals surface area contributed by atoms with Crippen LogP contribution in [-0.4, -0.2) is 22.8 Å². The van der Waals surface area contributed by atoms with Crippen LogP contribution in [0, 0.1) is 13.8 Å². The van der Waals surface area contributed by atoms with E-state index in [0.717, 1.165) is 5.56 Å². The zero-order chi connectivity index (χ0) is 23.5. The highest BCUT2D eigenvalue weighted by molar-refractivity contribution is 6.30. The zero-order valence-electron chi connectivity index (χ0n) is 18.4. The van der Waals surface area contributed by atoms with Gasteiger partial charge in [-0.2, -0.15) is 5.10 Å². The number of para-hydroxylation sites is 1. The molecule has 0 fully saturated rings. The molecule has 0 spiro atoms. The monoisotopic (exact) mass is 459 g/mol. The normalized spacial score (nSPS) is 10.7. The third-order valence-electron chi connectivity index (χ3n) is 5.23.